The molecular weight excluding hydrogens is 255 g/mol. The van der Waals surface area contributed by atoms with Gasteiger partial charge in [0.25, 0.3) is 0 Å². The van der Waals surface area contributed by atoms with Crippen LogP contribution in [-0.2, 0) is 6.54 Å². The largest absolute Gasteiger partial charge is 0.318 e. The van der Waals surface area contributed by atoms with Crippen LogP contribution in [0.4, 0.5) is 22.0 Å². The number of benzene rings is 1. The second-order valence-corrected chi connectivity index (χ2v) is 3.89. The normalized spacial score (nSPS) is 11.3. The molecule has 0 saturated heterocycles. The fourth-order valence-corrected chi connectivity index (χ4v) is 1.44. The Morgan fingerprint density at radius 3 is 1.78 bits per heavy atom. The summed E-state index contributed by atoms with van der Waals surface area (Å²) in [6.45, 7) is 0.593. The van der Waals surface area contributed by atoms with E-state index in [0.29, 0.717) is 13.1 Å². The first-order chi connectivity index (χ1) is 8.40. The lowest BCUT2D eigenvalue weighted by molar-refractivity contribution is 0.301. The molecule has 0 amide bonds. The second kappa shape index (κ2) is 6.10. The average molecular weight is 268 g/mol. The average Bonchev–Trinajstić information content (AvgIpc) is 2.36. The van der Waals surface area contributed by atoms with Gasteiger partial charge in [-0.3, -0.25) is 0 Å². The van der Waals surface area contributed by atoms with Gasteiger partial charge in [0.15, 0.2) is 23.3 Å². The molecule has 0 aliphatic rings. The minimum Gasteiger partial charge on any atom is -0.318 e. The van der Waals surface area contributed by atoms with Gasteiger partial charge in [-0.2, -0.15) is 0 Å². The zero-order chi connectivity index (χ0) is 13.9. The summed E-state index contributed by atoms with van der Waals surface area (Å²) in [6.07, 6.45) is 0. The van der Waals surface area contributed by atoms with Crippen molar-refractivity contribution in [3.05, 3.63) is 34.6 Å². The third-order valence-electron chi connectivity index (χ3n) is 2.47. The Kier molecular flexibility index (Phi) is 5.03. The van der Waals surface area contributed by atoms with Crippen LogP contribution in [0.25, 0.3) is 0 Å². The third kappa shape index (κ3) is 2.97. The second-order valence-electron chi connectivity index (χ2n) is 3.89. The van der Waals surface area contributed by atoms with Crippen LogP contribution in [0, 0.1) is 29.1 Å². The van der Waals surface area contributed by atoms with Crippen molar-refractivity contribution in [1.29, 1.82) is 0 Å². The molecule has 0 spiro atoms. The van der Waals surface area contributed by atoms with Crippen molar-refractivity contribution < 1.29 is 22.0 Å². The van der Waals surface area contributed by atoms with Crippen LogP contribution in [0.2, 0.25) is 0 Å². The Bertz CT molecular complexity index is 407. The lowest BCUT2D eigenvalue weighted by atomic mass is 10.1. The first-order valence-corrected chi connectivity index (χ1v) is 5.23. The molecule has 1 aromatic carbocycles. The van der Waals surface area contributed by atoms with E-state index in [0.717, 1.165) is 0 Å². The number of nitrogens with zero attached hydrogens (tertiary/aromatic N) is 1. The standard InChI is InChI=1S/C11H13F5N2/c1-17-3-4-18(2)5-6-7(12)9(14)11(16)10(15)8(6)13/h17H,3-5H2,1-2H3. The van der Waals surface area contributed by atoms with Gasteiger partial charge >= 0.3 is 0 Å². The maximum atomic E-state index is 13.3. The van der Waals surface area contributed by atoms with Crippen molar-refractivity contribution >= 4 is 0 Å². The fourth-order valence-electron chi connectivity index (χ4n) is 1.44. The van der Waals surface area contributed by atoms with E-state index in [-0.39, 0.29) is 6.54 Å². The Morgan fingerprint density at radius 1 is 0.889 bits per heavy atom. The van der Waals surface area contributed by atoms with E-state index in [1.807, 2.05) is 0 Å². The first-order valence-electron chi connectivity index (χ1n) is 5.23. The summed E-state index contributed by atoms with van der Waals surface area (Å²) in [5.41, 5.74) is -0.815. The molecule has 0 bridgehead atoms. The maximum absolute atomic E-state index is 13.3. The molecule has 1 aromatic rings. The summed E-state index contributed by atoms with van der Waals surface area (Å²) in [7, 11) is 3.21. The zero-order valence-corrected chi connectivity index (χ0v) is 9.96. The topological polar surface area (TPSA) is 15.3 Å². The van der Waals surface area contributed by atoms with Crippen LogP contribution in [0.5, 0.6) is 0 Å². The van der Waals surface area contributed by atoms with E-state index in [1.165, 1.54) is 11.9 Å². The molecule has 18 heavy (non-hydrogen) atoms. The highest BCUT2D eigenvalue weighted by molar-refractivity contribution is 5.23. The molecule has 0 fully saturated rings. The first kappa shape index (κ1) is 14.8. The monoisotopic (exact) mass is 268 g/mol. The Hall–Kier alpha value is -1.21. The van der Waals surface area contributed by atoms with E-state index < -0.39 is 34.6 Å². The predicted octanol–water partition coefficient (Wildman–Crippen LogP) is 2.03. The minimum absolute atomic E-state index is 0.354. The summed E-state index contributed by atoms with van der Waals surface area (Å²) >= 11 is 0. The molecule has 0 saturated carbocycles. The maximum Gasteiger partial charge on any atom is 0.200 e. The summed E-state index contributed by atoms with van der Waals surface area (Å²) < 4.78 is 65.3. The fraction of sp³-hybridized carbons (Fsp3) is 0.455. The van der Waals surface area contributed by atoms with Crippen molar-refractivity contribution in [3.8, 4) is 0 Å². The van der Waals surface area contributed by atoms with Crippen molar-refractivity contribution in [1.82, 2.24) is 10.2 Å². The Labute approximate surface area is 101 Å². The number of hydrogen-bond acceptors (Lipinski definition) is 2. The number of rotatable bonds is 5. The Morgan fingerprint density at radius 2 is 1.33 bits per heavy atom. The molecule has 1 rings (SSSR count). The van der Waals surface area contributed by atoms with Crippen molar-refractivity contribution in [2.24, 2.45) is 0 Å². The smallest absolute Gasteiger partial charge is 0.200 e. The minimum atomic E-state index is -2.13. The SMILES string of the molecule is CNCCN(C)Cc1c(F)c(F)c(F)c(F)c1F. The zero-order valence-electron chi connectivity index (χ0n) is 9.96. The third-order valence-corrected chi connectivity index (χ3v) is 2.47. The van der Waals surface area contributed by atoms with Gasteiger partial charge in [0.1, 0.15) is 0 Å². The van der Waals surface area contributed by atoms with Gasteiger partial charge in [0.05, 0.1) is 0 Å². The number of halogens is 5. The van der Waals surface area contributed by atoms with E-state index in [1.54, 1.807) is 7.05 Å². The van der Waals surface area contributed by atoms with E-state index in [9.17, 15) is 22.0 Å². The molecule has 7 heteroatoms. The van der Waals surface area contributed by atoms with Crippen LogP contribution in [-0.4, -0.2) is 32.1 Å². The van der Waals surface area contributed by atoms with Crippen molar-refractivity contribution in [3.63, 3.8) is 0 Å². The molecule has 0 aliphatic heterocycles. The van der Waals surface area contributed by atoms with E-state index >= 15 is 0 Å². The molecule has 0 heterocycles. The van der Waals surface area contributed by atoms with Crippen molar-refractivity contribution in [2.45, 2.75) is 6.54 Å². The lowest BCUT2D eigenvalue weighted by Crippen LogP contribution is -2.28. The van der Waals surface area contributed by atoms with Gasteiger partial charge in [-0.1, -0.05) is 0 Å². The lowest BCUT2D eigenvalue weighted by Gasteiger charge is -2.17. The highest BCUT2D eigenvalue weighted by Crippen LogP contribution is 2.23. The van der Waals surface area contributed by atoms with Gasteiger partial charge in [-0.15, -0.1) is 0 Å². The van der Waals surface area contributed by atoms with Gasteiger partial charge in [0.2, 0.25) is 5.82 Å². The molecular formula is C11H13F5N2. The van der Waals surface area contributed by atoms with Crippen LogP contribution in [0.3, 0.4) is 0 Å². The summed E-state index contributed by atoms with van der Waals surface area (Å²) in [4.78, 5) is 1.45. The molecule has 2 nitrogen and oxygen atoms in total. The summed E-state index contributed by atoms with van der Waals surface area (Å²) in [6, 6.07) is 0. The molecule has 1 N–H and O–H groups in total. The van der Waals surface area contributed by atoms with Crippen molar-refractivity contribution in [2.75, 3.05) is 27.2 Å². The number of likely N-dealkylation sites (N-methyl/N-ethyl adjacent to an activating group) is 2. The molecule has 0 atom stereocenters. The van der Waals surface area contributed by atoms with Gasteiger partial charge < -0.3 is 10.2 Å². The summed E-state index contributed by atoms with van der Waals surface area (Å²) in [5.74, 6) is -9.51. The molecule has 0 radical (unpaired) electrons. The van der Waals surface area contributed by atoms with Crippen LogP contribution in [0.1, 0.15) is 5.56 Å². The van der Waals surface area contributed by atoms with E-state index in [2.05, 4.69) is 5.32 Å². The van der Waals surface area contributed by atoms with E-state index in [4.69, 9.17) is 0 Å². The van der Waals surface area contributed by atoms with Gasteiger partial charge in [-0.05, 0) is 14.1 Å². The molecule has 0 aromatic heterocycles. The van der Waals surface area contributed by atoms with Gasteiger partial charge in [0, 0.05) is 25.2 Å². The quantitative estimate of drug-likeness (QED) is 0.499. The highest BCUT2D eigenvalue weighted by Gasteiger charge is 2.25. The van der Waals surface area contributed by atoms with Crippen LogP contribution >= 0.6 is 0 Å². The predicted molar refractivity (Wildman–Crippen MR) is 56.5 cm³/mol. The molecule has 102 valence electrons. The van der Waals surface area contributed by atoms with Crippen LogP contribution in [0.15, 0.2) is 0 Å². The van der Waals surface area contributed by atoms with Crippen LogP contribution < -0.4 is 5.32 Å². The number of nitrogens with one attached hydrogen (secondary N) is 1. The molecule has 0 unspecified atom stereocenters. The summed E-state index contributed by atoms with van der Waals surface area (Å²) in [5, 5.41) is 2.81. The highest BCUT2D eigenvalue weighted by atomic mass is 19.2. The Balaban J connectivity index is 3.02. The van der Waals surface area contributed by atoms with Gasteiger partial charge in [-0.25, -0.2) is 22.0 Å². The number of hydrogen-bond donors (Lipinski definition) is 1. The molecule has 0 aliphatic carbocycles.